The molecule has 0 atom stereocenters. The fraction of sp³-hybridized carbons (Fsp3) is 0.300. The molecule has 1 aliphatic carbocycles. The predicted octanol–water partition coefficient (Wildman–Crippen LogP) is 7.46. The number of terminal acetylenes is 1. The Morgan fingerprint density at radius 1 is 1.06 bits per heavy atom. The molecular formula is C30H28N2O2S. The lowest BCUT2D eigenvalue weighted by Gasteiger charge is -2.26. The van der Waals surface area contributed by atoms with Crippen LogP contribution in [0.4, 0.5) is 0 Å². The standard InChI is InChI=1S/C30H28N2O2S/c1-5-20-15-24(30(33)34-4)17-25(21-9-7-6-8-10-21)28(20)23-12-13-26-22(16-23)11-14-27(32-26)29-18(2)31-19(3)35-29/h1,11-17,21H,6-10H2,2-4H3. The molecule has 1 fully saturated rings. The Morgan fingerprint density at radius 3 is 2.54 bits per heavy atom. The molecule has 1 saturated carbocycles. The van der Waals surface area contributed by atoms with Crippen molar-refractivity contribution in [2.24, 2.45) is 0 Å². The minimum Gasteiger partial charge on any atom is -0.465 e. The molecule has 0 amide bonds. The molecule has 2 heterocycles. The third-order valence-corrected chi connectivity index (χ3v) is 8.00. The summed E-state index contributed by atoms with van der Waals surface area (Å²) in [5, 5.41) is 2.10. The summed E-state index contributed by atoms with van der Waals surface area (Å²) in [6.45, 7) is 4.05. The van der Waals surface area contributed by atoms with Crippen LogP contribution in [0.15, 0.2) is 42.5 Å². The lowest BCUT2D eigenvalue weighted by atomic mass is 9.78. The van der Waals surface area contributed by atoms with Crippen LogP contribution in [-0.2, 0) is 4.74 Å². The first-order chi connectivity index (χ1) is 17.0. The van der Waals surface area contributed by atoms with Gasteiger partial charge in [-0.3, -0.25) is 0 Å². The Morgan fingerprint density at radius 2 is 1.86 bits per heavy atom. The number of carbonyl (C=O) groups is 1. The number of rotatable bonds is 4. The van der Waals surface area contributed by atoms with Crippen molar-refractivity contribution in [3.8, 4) is 34.0 Å². The molecule has 0 bridgehead atoms. The number of carbonyl (C=O) groups excluding carboxylic acids is 1. The summed E-state index contributed by atoms with van der Waals surface area (Å²) < 4.78 is 5.02. The van der Waals surface area contributed by atoms with E-state index < -0.39 is 0 Å². The van der Waals surface area contributed by atoms with Crippen molar-refractivity contribution in [1.29, 1.82) is 0 Å². The Labute approximate surface area is 210 Å². The third kappa shape index (κ3) is 4.47. The van der Waals surface area contributed by atoms with Crippen LogP contribution < -0.4 is 0 Å². The van der Waals surface area contributed by atoms with Gasteiger partial charge in [-0.25, -0.2) is 14.8 Å². The van der Waals surface area contributed by atoms with Gasteiger partial charge in [0.1, 0.15) is 0 Å². The topological polar surface area (TPSA) is 52.1 Å². The number of aromatic nitrogens is 2. The fourth-order valence-corrected chi connectivity index (χ4v) is 6.14. The van der Waals surface area contributed by atoms with Gasteiger partial charge in [0.15, 0.2) is 0 Å². The molecule has 0 unspecified atom stereocenters. The van der Waals surface area contributed by atoms with Crippen LogP contribution in [0.5, 0.6) is 0 Å². The summed E-state index contributed by atoms with van der Waals surface area (Å²) >= 11 is 1.67. The molecule has 0 N–H and O–H groups in total. The minimum atomic E-state index is -0.353. The van der Waals surface area contributed by atoms with Gasteiger partial charge in [0, 0.05) is 16.5 Å². The maximum Gasteiger partial charge on any atom is 0.337 e. The molecule has 2 aromatic heterocycles. The molecule has 176 valence electrons. The predicted molar refractivity (Wildman–Crippen MR) is 143 cm³/mol. The number of benzene rings is 2. The van der Waals surface area contributed by atoms with Crippen LogP contribution in [0.25, 0.3) is 32.6 Å². The molecule has 5 rings (SSSR count). The van der Waals surface area contributed by atoms with Crippen molar-refractivity contribution in [2.75, 3.05) is 7.11 Å². The number of thiazole rings is 1. The number of ether oxygens (including phenoxy) is 1. The largest absolute Gasteiger partial charge is 0.465 e. The molecule has 4 aromatic rings. The van der Waals surface area contributed by atoms with E-state index in [4.69, 9.17) is 16.1 Å². The monoisotopic (exact) mass is 480 g/mol. The first-order valence-electron chi connectivity index (χ1n) is 12.1. The fourth-order valence-electron chi connectivity index (χ4n) is 5.25. The maximum absolute atomic E-state index is 12.4. The minimum absolute atomic E-state index is 0.353. The zero-order valence-electron chi connectivity index (χ0n) is 20.4. The van der Waals surface area contributed by atoms with Gasteiger partial charge in [-0.2, -0.15) is 0 Å². The number of hydrogen-bond acceptors (Lipinski definition) is 5. The Bertz CT molecular complexity index is 1470. The van der Waals surface area contributed by atoms with E-state index in [0.29, 0.717) is 11.5 Å². The highest BCUT2D eigenvalue weighted by Gasteiger charge is 2.24. The highest BCUT2D eigenvalue weighted by atomic mass is 32.1. The van der Waals surface area contributed by atoms with Crippen LogP contribution in [0.2, 0.25) is 0 Å². The van der Waals surface area contributed by atoms with Gasteiger partial charge in [-0.05, 0) is 74.1 Å². The van der Waals surface area contributed by atoms with Crippen molar-refractivity contribution in [3.63, 3.8) is 0 Å². The quantitative estimate of drug-likeness (QED) is 0.225. The molecular weight excluding hydrogens is 452 g/mol. The van der Waals surface area contributed by atoms with Gasteiger partial charge in [0.2, 0.25) is 0 Å². The number of pyridine rings is 1. The van der Waals surface area contributed by atoms with Crippen molar-refractivity contribution in [3.05, 3.63) is 69.9 Å². The summed E-state index contributed by atoms with van der Waals surface area (Å²) in [5.74, 6) is 2.88. The molecule has 1 aliphatic rings. The van der Waals surface area contributed by atoms with Gasteiger partial charge in [0.05, 0.1) is 39.5 Å². The van der Waals surface area contributed by atoms with E-state index in [1.54, 1.807) is 17.4 Å². The number of fused-ring (bicyclic) bond motifs is 1. The number of nitrogens with zero attached hydrogens (tertiary/aromatic N) is 2. The summed E-state index contributed by atoms with van der Waals surface area (Å²) in [6, 6.07) is 14.3. The number of hydrogen-bond donors (Lipinski definition) is 0. The zero-order chi connectivity index (χ0) is 24.5. The van der Waals surface area contributed by atoms with Crippen molar-refractivity contribution in [1.82, 2.24) is 9.97 Å². The van der Waals surface area contributed by atoms with E-state index in [9.17, 15) is 4.79 Å². The first-order valence-corrected chi connectivity index (χ1v) is 12.9. The smallest absolute Gasteiger partial charge is 0.337 e. The van der Waals surface area contributed by atoms with E-state index in [0.717, 1.165) is 67.3 Å². The number of esters is 1. The highest BCUT2D eigenvalue weighted by Crippen LogP contribution is 2.41. The van der Waals surface area contributed by atoms with Crippen LogP contribution in [0.3, 0.4) is 0 Å². The molecule has 0 saturated heterocycles. The average Bonchev–Trinajstić information content (AvgIpc) is 3.24. The van der Waals surface area contributed by atoms with Crippen molar-refractivity contribution >= 4 is 28.2 Å². The van der Waals surface area contributed by atoms with E-state index in [-0.39, 0.29) is 5.97 Å². The lowest BCUT2D eigenvalue weighted by Crippen LogP contribution is -2.10. The lowest BCUT2D eigenvalue weighted by molar-refractivity contribution is 0.0600. The highest BCUT2D eigenvalue weighted by molar-refractivity contribution is 7.15. The molecule has 0 aliphatic heterocycles. The second-order valence-corrected chi connectivity index (χ2v) is 10.4. The third-order valence-electron chi connectivity index (χ3n) is 6.90. The Hall–Kier alpha value is -3.49. The van der Waals surface area contributed by atoms with Gasteiger partial charge in [0.25, 0.3) is 0 Å². The molecule has 5 heteroatoms. The van der Waals surface area contributed by atoms with E-state index >= 15 is 0 Å². The summed E-state index contributed by atoms with van der Waals surface area (Å²) in [6.07, 6.45) is 11.8. The first kappa shape index (κ1) is 23.3. The van der Waals surface area contributed by atoms with Gasteiger partial charge >= 0.3 is 5.97 Å². The molecule has 0 radical (unpaired) electrons. The Balaban J connectivity index is 1.64. The maximum atomic E-state index is 12.4. The van der Waals surface area contributed by atoms with Crippen molar-refractivity contribution in [2.45, 2.75) is 51.9 Å². The molecule has 35 heavy (non-hydrogen) atoms. The molecule has 2 aromatic carbocycles. The van der Waals surface area contributed by atoms with E-state index in [1.165, 1.54) is 26.4 Å². The Kier molecular flexibility index (Phi) is 6.40. The molecule has 0 spiro atoms. The zero-order valence-corrected chi connectivity index (χ0v) is 21.2. The number of aryl methyl sites for hydroxylation is 2. The summed E-state index contributed by atoms with van der Waals surface area (Å²) in [7, 11) is 1.41. The second-order valence-electron chi connectivity index (χ2n) is 9.21. The molecule has 4 nitrogen and oxygen atoms in total. The van der Waals surface area contributed by atoms with Crippen molar-refractivity contribution < 1.29 is 9.53 Å². The SMILES string of the molecule is C#Cc1cc(C(=O)OC)cc(C2CCCCC2)c1-c1ccc2nc(-c3sc(C)nc3C)ccc2c1. The number of methoxy groups -OCH3 is 1. The normalized spacial score (nSPS) is 14.1. The van der Waals surface area contributed by atoms with E-state index in [2.05, 4.69) is 41.2 Å². The van der Waals surface area contributed by atoms with Crippen LogP contribution >= 0.6 is 11.3 Å². The van der Waals surface area contributed by atoms with Gasteiger partial charge in [-0.15, -0.1) is 17.8 Å². The summed E-state index contributed by atoms with van der Waals surface area (Å²) in [5.41, 5.74) is 7.40. The van der Waals surface area contributed by atoms with Gasteiger partial charge in [-0.1, -0.05) is 37.3 Å². The van der Waals surface area contributed by atoms with Crippen LogP contribution in [0.1, 0.15) is 70.2 Å². The van der Waals surface area contributed by atoms with E-state index in [1.807, 2.05) is 19.9 Å². The van der Waals surface area contributed by atoms with Crippen LogP contribution in [0, 0.1) is 26.2 Å². The van der Waals surface area contributed by atoms with Crippen LogP contribution in [-0.4, -0.2) is 23.0 Å². The second kappa shape index (κ2) is 9.64. The summed E-state index contributed by atoms with van der Waals surface area (Å²) in [4.78, 5) is 23.0. The van der Waals surface area contributed by atoms with Gasteiger partial charge < -0.3 is 4.74 Å². The average molecular weight is 481 g/mol.